The minimum atomic E-state index is 0.534. The van der Waals surface area contributed by atoms with Crippen LogP contribution >= 0.6 is 0 Å². The van der Waals surface area contributed by atoms with Gasteiger partial charge in [0.15, 0.2) is 0 Å². The Hall–Kier alpha value is -1.31. The van der Waals surface area contributed by atoms with Gasteiger partial charge in [-0.25, -0.2) is 0 Å². The van der Waals surface area contributed by atoms with Crippen molar-refractivity contribution in [3.05, 3.63) is 35.4 Å². The molecule has 1 aromatic carbocycles. The van der Waals surface area contributed by atoms with Crippen LogP contribution in [0.15, 0.2) is 29.3 Å². The third kappa shape index (κ3) is 1.52. The lowest BCUT2D eigenvalue weighted by Crippen LogP contribution is -2.30. The minimum absolute atomic E-state index is 0.534. The lowest BCUT2D eigenvalue weighted by atomic mass is 10.1. The van der Waals surface area contributed by atoms with E-state index in [9.17, 15) is 0 Å². The predicted octanol–water partition coefficient (Wildman–Crippen LogP) is 2.08. The normalized spacial score (nSPS) is 21.2. The van der Waals surface area contributed by atoms with Crippen molar-refractivity contribution in [2.75, 3.05) is 13.6 Å². The van der Waals surface area contributed by atoms with Crippen molar-refractivity contribution in [3.63, 3.8) is 0 Å². The molecule has 0 spiro atoms. The molecule has 1 aromatic rings. The van der Waals surface area contributed by atoms with Gasteiger partial charge in [-0.2, -0.15) is 0 Å². The van der Waals surface area contributed by atoms with Crippen molar-refractivity contribution in [2.24, 2.45) is 4.99 Å². The second kappa shape index (κ2) is 3.45. The summed E-state index contributed by atoms with van der Waals surface area (Å²) in [5.74, 6) is 1.12. The van der Waals surface area contributed by atoms with E-state index < -0.39 is 0 Å². The number of benzene rings is 1. The summed E-state index contributed by atoms with van der Waals surface area (Å²) in [5, 5.41) is 0. The number of rotatable bonds is 1. The summed E-state index contributed by atoms with van der Waals surface area (Å²) in [7, 11) is 2.11. The Kier molecular flexibility index (Phi) is 2.28. The van der Waals surface area contributed by atoms with Crippen LogP contribution in [0, 0.1) is 6.92 Å². The van der Waals surface area contributed by atoms with Crippen molar-refractivity contribution in [1.82, 2.24) is 4.90 Å². The zero-order valence-corrected chi connectivity index (χ0v) is 8.99. The fourth-order valence-electron chi connectivity index (χ4n) is 1.66. The highest BCUT2D eigenvalue weighted by Crippen LogP contribution is 2.14. The van der Waals surface area contributed by atoms with Crippen molar-refractivity contribution in [3.8, 4) is 0 Å². The zero-order valence-electron chi connectivity index (χ0n) is 8.99. The van der Waals surface area contributed by atoms with E-state index in [1.807, 2.05) is 0 Å². The van der Waals surface area contributed by atoms with Gasteiger partial charge in [0.25, 0.3) is 0 Å². The summed E-state index contributed by atoms with van der Waals surface area (Å²) in [5.41, 5.74) is 2.52. The molecule has 0 fully saturated rings. The molecule has 0 bridgehead atoms. The lowest BCUT2D eigenvalue weighted by molar-refractivity contribution is 0.433. The first-order valence-electron chi connectivity index (χ1n) is 5.03. The maximum Gasteiger partial charge on any atom is 0.131 e. The molecule has 0 N–H and O–H groups in total. The van der Waals surface area contributed by atoms with Gasteiger partial charge in [-0.1, -0.05) is 29.8 Å². The first-order chi connectivity index (χ1) is 6.68. The smallest absolute Gasteiger partial charge is 0.131 e. The average molecular weight is 188 g/mol. The van der Waals surface area contributed by atoms with Crippen LogP contribution in [0.1, 0.15) is 18.1 Å². The van der Waals surface area contributed by atoms with E-state index in [1.165, 1.54) is 11.1 Å². The minimum Gasteiger partial charge on any atom is -0.355 e. The fraction of sp³-hybridized carbons (Fsp3) is 0.417. The van der Waals surface area contributed by atoms with Crippen molar-refractivity contribution in [2.45, 2.75) is 19.9 Å². The maximum absolute atomic E-state index is 4.54. The molecule has 0 aromatic heterocycles. The molecular weight excluding hydrogens is 172 g/mol. The maximum atomic E-state index is 4.54. The Balaban J connectivity index is 2.28. The quantitative estimate of drug-likeness (QED) is 0.658. The first kappa shape index (κ1) is 9.25. The summed E-state index contributed by atoms with van der Waals surface area (Å²) in [4.78, 5) is 6.78. The number of hydrogen-bond donors (Lipinski definition) is 0. The van der Waals surface area contributed by atoms with E-state index >= 15 is 0 Å². The number of nitrogens with zero attached hydrogens (tertiary/aromatic N) is 2. The number of hydrogen-bond acceptors (Lipinski definition) is 2. The molecule has 1 unspecified atom stereocenters. The highest BCUT2D eigenvalue weighted by atomic mass is 15.2. The highest BCUT2D eigenvalue weighted by Gasteiger charge is 2.20. The fourth-order valence-corrected chi connectivity index (χ4v) is 1.66. The van der Waals surface area contributed by atoms with E-state index in [0.717, 1.165) is 12.4 Å². The van der Waals surface area contributed by atoms with Crippen LogP contribution in [0.4, 0.5) is 0 Å². The summed E-state index contributed by atoms with van der Waals surface area (Å²) in [6, 6.07) is 9.08. The molecule has 0 radical (unpaired) electrons. The van der Waals surface area contributed by atoms with Crippen molar-refractivity contribution >= 4 is 5.84 Å². The third-order valence-corrected chi connectivity index (χ3v) is 2.81. The van der Waals surface area contributed by atoms with Crippen LogP contribution < -0.4 is 0 Å². The molecular formula is C12H16N2. The van der Waals surface area contributed by atoms with E-state index in [2.05, 4.69) is 55.1 Å². The number of likely N-dealkylation sites (N-methyl/N-ethyl adjacent to an activating group) is 1. The van der Waals surface area contributed by atoms with Gasteiger partial charge in [-0.15, -0.1) is 0 Å². The number of aliphatic imine (C=N–C) groups is 1. The van der Waals surface area contributed by atoms with Crippen LogP contribution in [0.2, 0.25) is 0 Å². The molecule has 2 rings (SSSR count). The van der Waals surface area contributed by atoms with Crippen LogP contribution in [0.3, 0.4) is 0 Å². The van der Waals surface area contributed by atoms with Gasteiger partial charge >= 0.3 is 0 Å². The molecule has 0 amide bonds. The van der Waals surface area contributed by atoms with E-state index in [1.54, 1.807) is 0 Å². The van der Waals surface area contributed by atoms with E-state index in [4.69, 9.17) is 0 Å². The molecule has 14 heavy (non-hydrogen) atoms. The molecule has 1 atom stereocenters. The molecule has 2 nitrogen and oxygen atoms in total. The lowest BCUT2D eigenvalue weighted by Gasteiger charge is -2.19. The molecule has 74 valence electrons. The number of amidine groups is 1. The largest absolute Gasteiger partial charge is 0.355 e. The predicted molar refractivity (Wildman–Crippen MR) is 59.8 cm³/mol. The Labute approximate surface area is 85.3 Å². The molecule has 0 saturated heterocycles. The van der Waals surface area contributed by atoms with Gasteiger partial charge in [0.05, 0.1) is 6.54 Å². The average Bonchev–Trinajstić information content (AvgIpc) is 2.50. The van der Waals surface area contributed by atoms with Crippen LogP contribution in [0.5, 0.6) is 0 Å². The Morgan fingerprint density at radius 2 is 1.93 bits per heavy atom. The third-order valence-electron chi connectivity index (χ3n) is 2.81. The van der Waals surface area contributed by atoms with Crippen molar-refractivity contribution < 1.29 is 0 Å². The van der Waals surface area contributed by atoms with Crippen LogP contribution in [-0.2, 0) is 0 Å². The Morgan fingerprint density at radius 1 is 1.29 bits per heavy atom. The molecule has 1 aliphatic heterocycles. The van der Waals surface area contributed by atoms with E-state index in [-0.39, 0.29) is 0 Å². The second-order valence-electron chi connectivity index (χ2n) is 3.99. The standard InChI is InChI=1S/C12H16N2/c1-9-4-6-11(7-5-9)12-13-8-10(2)14(12)3/h4-7,10H,8H2,1-3H3. The monoisotopic (exact) mass is 188 g/mol. The second-order valence-corrected chi connectivity index (χ2v) is 3.99. The topological polar surface area (TPSA) is 15.6 Å². The summed E-state index contributed by atoms with van der Waals surface area (Å²) in [6.07, 6.45) is 0. The molecule has 1 aliphatic rings. The van der Waals surface area contributed by atoms with Gasteiger partial charge in [0, 0.05) is 18.7 Å². The zero-order chi connectivity index (χ0) is 10.1. The van der Waals surface area contributed by atoms with Gasteiger partial charge in [0.2, 0.25) is 0 Å². The molecule has 0 aliphatic carbocycles. The molecule has 2 heteroatoms. The van der Waals surface area contributed by atoms with Gasteiger partial charge < -0.3 is 4.90 Å². The van der Waals surface area contributed by atoms with Gasteiger partial charge in [0.1, 0.15) is 5.84 Å². The summed E-state index contributed by atoms with van der Waals surface area (Å²) < 4.78 is 0. The van der Waals surface area contributed by atoms with Crippen LogP contribution in [-0.4, -0.2) is 30.4 Å². The molecule has 0 saturated carbocycles. The van der Waals surface area contributed by atoms with Gasteiger partial charge in [-0.3, -0.25) is 4.99 Å². The Morgan fingerprint density at radius 3 is 2.43 bits per heavy atom. The van der Waals surface area contributed by atoms with Crippen LogP contribution in [0.25, 0.3) is 0 Å². The summed E-state index contributed by atoms with van der Waals surface area (Å²) >= 11 is 0. The summed E-state index contributed by atoms with van der Waals surface area (Å²) in [6.45, 7) is 5.22. The first-order valence-corrected chi connectivity index (χ1v) is 5.03. The van der Waals surface area contributed by atoms with Crippen molar-refractivity contribution in [1.29, 1.82) is 0 Å². The molecule has 1 heterocycles. The van der Waals surface area contributed by atoms with E-state index in [0.29, 0.717) is 6.04 Å². The Bertz CT molecular complexity index is 351. The SMILES string of the molecule is Cc1ccc(C2=NCC(C)N2C)cc1. The number of aryl methyl sites for hydroxylation is 1. The van der Waals surface area contributed by atoms with Gasteiger partial charge in [-0.05, 0) is 13.8 Å². The highest BCUT2D eigenvalue weighted by molar-refractivity contribution is 5.99.